The van der Waals surface area contributed by atoms with Crippen LogP contribution >= 0.6 is 0 Å². The van der Waals surface area contributed by atoms with Gasteiger partial charge in [0.25, 0.3) is 0 Å². The molecule has 0 aromatic carbocycles. The number of hydrogen-bond acceptors (Lipinski definition) is 6. The van der Waals surface area contributed by atoms with Crippen LogP contribution in [0.3, 0.4) is 0 Å². The zero-order valence-electron chi connectivity index (χ0n) is 55.5. The number of esters is 3. The molecule has 0 saturated carbocycles. The average molecular weight is 1150 g/mol. The van der Waals surface area contributed by atoms with Crippen molar-refractivity contribution < 1.29 is 28.6 Å². The van der Waals surface area contributed by atoms with E-state index in [1.165, 1.54) is 302 Å². The van der Waals surface area contributed by atoms with Crippen molar-refractivity contribution in [1.82, 2.24) is 0 Å². The summed E-state index contributed by atoms with van der Waals surface area (Å²) >= 11 is 0. The molecule has 0 heterocycles. The molecule has 0 bridgehead atoms. The molecule has 0 saturated heterocycles. The Hall–Kier alpha value is -2.37. The molecule has 0 N–H and O–H groups in total. The Morgan fingerprint density at radius 1 is 0.244 bits per heavy atom. The zero-order valence-corrected chi connectivity index (χ0v) is 55.5. The van der Waals surface area contributed by atoms with Gasteiger partial charge in [-0.1, -0.05) is 353 Å². The van der Waals surface area contributed by atoms with Gasteiger partial charge in [0, 0.05) is 19.3 Å². The average Bonchev–Trinajstić information content (AvgIpc) is 3.48. The van der Waals surface area contributed by atoms with Crippen molar-refractivity contribution >= 4 is 17.9 Å². The van der Waals surface area contributed by atoms with Crippen molar-refractivity contribution in [3.63, 3.8) is 0 Å². The van der Waals surface area contributed by atoms with Crippen molar-refractivity contribution in [1.29, 1.82) is 0 Å². The van der Waals surface area contributed by atoms with Crippen LogP contribution in [0, 0.1) is 0 Å². The number of carbonyl (C=O) groups excluding carboxylic acids is 3. The minimum absolute atomic E-state index is 0.0694. The largest absolute Gasteiger partial charge is 0.462 e. The Morgan fingerprint density at radius 3 is 0.707 bits per heavy atom. The van der Waals surface area contributed by atoms with Crippen molar-refractivity contribution in [2.24, 2.45) is 0 Å². The molecule has 0 amide bonds. The summed E-state index contributed by atoms with van der Waals surface area (Å²) in [6, 6.07) is 0. The lowest BCUT2D eigenvalue weighted by molar-refractivity contribution is -0.167. The lowest BCUT2D eigenvalue weighted by atomic mass is 10.0. The first-order chi connectivity index (χ1) is 40.5. The van der Waals surface area contributed by atoms with Crippen LogP contribution in [0.5, 0.6) is 0 Å². The normalized spacial score (nSPS) is 12.2. The number of hydrogen-bond donors (Lipinski definition) is 0. The second kappa shape index (κ2) is 71.1. The Balaban J connectivity index is 4.17. The van der Waals surface area contributed by atoms with Gasteiger partial charge in [-0.3, -0.25) is 14.4 Å². The van der Waals surface area contributed by atoms with E-state index in [1.807, 2.05) is 0 Å². The van der Waals surface area contributed by atoms with E-state index in [2.05, 4.69) is 57.2 Å². The molecule has 82 heavy (non-hydrogen) atoms. The molecule has 0 aromatic rings. The van der Waals surface area contributed by atoms with Crippen LogP contribution in [0.4, 0.5) is 0 Å². The third kappa shape index (κ3) is 68.4. The molecule has 482 valence electrons. The number of ether oxygens (including phenoxy) is 3. The molecule has 1 atom stereocenters. The van der Waals surface area contributed by atoms with Crippen LogP contribution in [0.1, 0.15) is 412 Å². The predicted octanol–water partition coefficient (Wildman–Crippen LogP) is 25.5. The molecular formula is C76H142O6. The zero-order chi connectivity index (χ0) is 59.2. The van der Waals surface area contributed by atoms with Gasteiger partial charge in [0.05, 0.1) is 0 Å². The van der Waals surface area contributed by atoms with Crippen molar-refractivity contribution in [3.05, 3.63) is 36.5 Å². The van der Waals surface area contributed by atoms with Gasteiger partial charge in [-0.15, -0.1) is 0 Å². The SMILES string of the molecule is CCCCC/C=C\CCCCCCCC(=O)OCC(COC(=O)CCCCCCCCCCCCCCCCC/C=C\C/C=C\CCCCCCC)OC(=O)CCCCCCCCCCCCCCCCCCCCCCCCCCC. The fourth-order valence-corrected chi connectivity index (χ4v) is 11.3. The van der Waals surface area contributed by atoms with Crippen LogP contribution < -0.4 is 0 Å². The van der Waals surface area contributed by atoms with E-state index in [0.717, 1.165) is 70.6 Å². The highest BCUT2D eigenvalue weighted by atomic mass is 16.6. The first kappa shape index (κ1) is 79.6. The van der Waals surface area contributed by atoms with Crippen molar-refractivity contribution in [2.45, 2.75) is 419 Å². The molecule has 0 aliphatic heterocycles. The third-order valence-corrected chi connectivity index (χ3v) is 16.9. The Labute approximate surface area is 512 Å². The maximum Gasteiger partial charge on any atom is 0.306 e. The van der Waals surface area contributed by atoms with Gasteiger partial charge in [0.2, 0.25) is 0 Å². The van der Waals surface area contributed by atoms with E-state index < -0.39 is 6.10 Å². The van der Waals surface area contributed by atoms with Gasteiger partial charge in [-0.2, -0.15) is 0 Å². The number of rotatable bonds is 69. The van der Waals surface area contributed by atoms with E-state index in [9.17, 15) is 14.4 Å². The molecule has 1 unspecified atom stereocenters. The van der Waals surface area contributed by atoms with Gasteiger partial charge in [0.15, 0.2) is 6.10 Å². The maximum absolute atomic E-state index is 13.0. The van der Waals surface area contributed by atoms with E-state index in [0.29, 0.717) is 19.3 Å². The Kier molecular flexibility index (Phi) is 69.1. The highest BCUT2D eigenvalue weighted by molar-refractivity contribution is 5.71. The fraction of sp³-hybridized carbons (Fsp3) is 0.882. The molecule has 0 radical (unpaired) electrons. The standard InChI is InChI=1S/C76H142O6/c1-4-7-10-13-16-19-22-25-27-29-31-33-35-37-38-40-41-43-45-47-49-51-54-57-60-63-66-69-75(78)81-72-73(71-80-74(77)68-65-62-59-56-53-24-21-18-15-12-9-6-3)82-76(79)70-67-64-61-58-55-52-50-48-46-44-42-39-36-34-32-30-28-26-23-20-17-14-11-8-5-2/h18,21-22,25,29,31,73H,4-17,19-20,23-24,26-28,30,32-72H2,1-3H3/b21-18-,25-22-,31-29-. The second-order valence-corrected chi connectivity index (χ2v) is 25.2. The van der Waals surface area contributed by atoms with Gasteiger partial charge in [-0.05, 0) is 77.0 Å². The molecule has 0 spiro atoms. The summed E-state index contributed by atoms with van der Waals surface area (Å²) in [5.41, 5.74) is 0. The molecule has 0 fully saturated rings. The van der Waals surface area contributed by atoms with E-state index >= 15 is 0 Å². The molecule has 0 aliphatic carbocycles. The smallest absolute Gasteiger partial charge is 0.306 e. The van der Waals surface area contributed by atoms with Gasteiger partial charge in [-0.25, -0.2) is 0 Å². The summed E-state index contributed by atoms with van der Waals surface area (Å²) in [6.07, 6.45) is 89.1. The van der Waals surface area contributed by atoms with Crippen LogP contribution in [-0.4, -0.2) is 37.2 Å². The fourth-order valence-electron chi connectivity index (χ4n) is 11.3. The third-order valence-electron chi connectivity index (χ3n) is 16.9. The first-order valence-electron chi connectivity index (χ1n) is 37.0. The highest BCUT2D eigenvalue weighted by Gasteiger charge is 2.19. The molecule has 6 heteroatoms. The Morgan fingerprint density at radius 2 is 0.439 bits per heavy atom. The van der Waals surface area contributed by atoms with Gasteiger partial charge in [0.1, 0.15) is 13.2 Å². The molecule has 6 nitrogen and oxygen atoms in total. The Bertz CT molecular complexity index is 1370. The van der Waals surface area contributed by atoms with E-state index in [1.54, 1.807) is 0 Å². The van der Waals surface area contributed by atoms with E-state index in [-0.39, 0.29) is 31.1 Å². The number of unbranched alkanes of at least 4 members (excludes halogenated alkanes) is 52. The van der Waals surface area contributed by atoms with Crippen LogP contribution in [-0.2, 0) is 28.6 Å². The summed E-state index contributed by atoms with van der Waals surface area (Å²) in [7, 11) is 0. The van der Waals surface area contributed by atoms with Gasteiger partial charge < -0.3 is 14.2 Å². The summed E-state index contributed by atoms with van der Waals surface area (Å²) in [5.74, 6) is -0.848. The topological polar surface area (TPSA) is 78.9 Å². The van der Waals surface area contributed by atoms with E-state index in [4.69, 9.17) is 14.2 Å². The monoisotopic (exact) mass is 1150 g/mol. The maximum atomic E-state index is 13.0. The minimum Gasteiger partial charge on any atom is -0.462 e. The summed E-state index contributed by atoms with van der Waals surface area (Å²) in [6.45, 7) is 6.68. The number of carbonyl (C=O) groups is 3. The van der Waals surface area contributed by atoms with Crippen LogP contribution in [0.15, 0.2) is 36.5 Å². The summed E-state index contributed by atoms with van der Waals surface area (Å²) in [4.78, 5) is 38.4. The van der Waals surface area contributed by atoms with Crippen LogP contribution in [0.25, 0.3) is 0 Å². The minimum atomic E-state index is -0.773. The van der Waals surface area contributed by atoms with Gasteiger partial charge >= 0.3 is 17.9 Å². The molecule has 0 aromatic heterocycles. The predicted molar refractivity (Wildman–Crippen MR) is 358 cm³/mol. The molecule has 0 rings (SSSR count). The summed E-state index contributed by atoms with van der Waals surface area (Å²) < 4.78 is 17.0. The lowest BCUT2D eigenvalue weighted by Gasteiger charge is -2.18. The second-order valence-electron chi connectivity index (χ2n) is 25.2. The first-order valence-corrected chi connectivity index (χ1v) is 37.0. The van der Waals surface area contributed by atoms with Crippen LogP contribution in [0.2, 0.25) is 0 Å². The quantitative estimate of drug-likeness (QED) is 0.0261. The lowest BCUT2D eigenvalue weighted by Crippen LogP contribution is -2.30. The van der Waals surface area contributed by atoms with Crippen molar-refractivity contribution in [3.8, 4) is 0 Å². The highest BCUT2D eigenvalue weighted by Crippen LogP contribution is 2.19. The molecule has 0 aliphatic rings. The number of allylic oxidation sites excluding steroid dienone is 6. The summed E-state index contributed by atoms with van der Waals surface area (Å²) in [5, 5.41) is 0. The van der Waals surface area contributed by atoms with Crippen molar-refractivity contribution in [2.75, 3.05) is 13.2 Å². The molecular weight excluding hydrogens is 1010 g/mol.